The molecule has 1 atom stereocenters. The van der Waals surface area contributed by atoms with Crippen LogP contribution in [0.2, 0.25) is 0 Å². The third-order valence-corrected chi connectivity index (χ3v) is 8.34. The number of anilines is 1. The van der Waals surface area contributed by atoms with E-state index in [1.54, 1.807) is 13.0 Å². The summed E-state index contributed by atoms with van der Waals surface area (Å²) < 4.78 is 16.0. The van der Waals surface area contributed by atoms with Crippen LogP contribution in [0.4, 0.5) is 10.1 Å². The van der Waals surface area contributed by atoms with E-state index in [0.717, 1.165) is 47.4 Å². The van der Waals surface area contributed by atoms with E-state index in [1.807, 2.05) is 23.0 Å². The summed E-state index contributed by atoms with van der Waals surface area (Å²) in [6, 6.07) is 11.5. The summed E-state index contributed by atoms with van der Waals surface area (Å²) in [5.74, 6) is 0.0259. The molecule has 1 N–H and O–H groups in total. The molecular formula is C31H31FN8. The van der Waals surface area contributed by atoms with Crippen LogP contribution in [0.3, 0.4) is 0 Å². The van der Waals surface area contributed by atoms with Crippen LogP contribution < -0.4 is 5.32 Å². The van der Waals surface area contributed by atoms with Crippen molar-refractivity contribution in [3.05, 3.63) is 76.2 Å². The molecule has 3 saturated carbocycles. The quantitative estimate of drug-likeness (QED) is 0.300. The van der Waals surface area contributed by atoms with E-state index in [-0.39, 0.29) is 16.9 Å². The fourth-order valence-electron chi connectivity index (χ4n) is 6.10. The van der Waals surface area contributed by atoms with Crippen LogP contribution >= 0.6 is 0 Å². The first-order valence-corrected chi connectivity index (χ1v) is 13.6. The maximum absolute atomic E-state index is 14.0. The molecule has 2 bridgehead atoms. The molecule has 3 aliphatic rings. The number of pyridine rings is 2. The second-order valence-corrected chi connectivity index (χ2v) is 12.6. The number of nitriles is 2. The van der Waals surface area contributed by atoms with E-state index in [0.29, 0.717) is 41.0 Å². The van der Waals surface area contributed by atoms with E-state index in [4.69, 9.17) is 0 Å². The number of nitrogens with one attached hydrogen (secondary N) is 1. The number of halogens is 1. The van der Waals surface area contributed by atoms with E-state index in [2.05, 4.69) is 58.5 Å². The molecule has 0 amide bonds. The molecule has 0 saturated heterocycles. The lowest BCUT2D eigenvalue weighted by Crippen LogP contribution is -2.59. The minimum Gasteiger partial charge on any atom is -0.383 e. The largest absolute Gasteiger partial charge is 0.383 e. The molecular weight excluding hydrogens is 503 g/mol. The first-order valence-electron chi connectivity index (χ1n) is 13.6. The lowest BCUT2D eigenvalue weighted by atomic mass is 9.50. The summed E-state index contributed by atoms with van der Waals surface area (Å²) in [7, 11) is 0. The van der Waals surface area contributed by atoms with Gasteiger partial charge in [-0.15, -0.1) is 5.10 Å². The highest BCUT2D eigenvalue weighted by Gasteiger charge is 2.58. The highest BCUT2D eigenvalue weighted by Crippen LogP contribution is 2.62. The Morgan fingerprint density at radius 1 is 1.15 bits per heavy atom. The molecule has 4 aromatic rings. The zero-order chi connectivity index (χ0) is 28.2. The van der Waals surface area contributed by atoms with E-state index in [9.17, 15) is 14.9 Å². The second-order valence-electron chi connectivity index (χ2n) is 12.6. The molecule has 3 aliphatic carbocycles. The zero-order valence-electron chi connectivity index (χ0n) is 23.2. The Morgan fingerprint density at radius 3 is 2.52 bits per heavy atom. The van der Waals surface area contributed by atoms with Crippen LogP contribution in [-0.2, 0) is 12.0 Å². The van der Waals surface area contributed by atoms with Crippen molar-refractivity contribution in [2.24, 2.45) is 11.3 Å². The average Bonchev–Trinajstić information content (AvgIpc) is 3.32. The average molecular weight is 535 g/mol. The van der Waals surface area contributed by atoms with Crippen LogP contribution in [0.5, 0.6) is 0 Å². The van der Waals surface area contributed by atoms with Gasteiger partial charge in [-0.25, -0.2) is 9.67 Å². The predicted molar refractivity (Wildman–Crippen MR) is 149 cm³/mol. The molecule has 3 heterocycles. The summed E-state index contributed by atoms with van der Waals surface area (Å²) in [6.07, 6.45) is 7.47. The van der Waals surface area contributed by atoms with E-state index >= 15 is 0 Å². The van der Waals surface area contributed by atoms with Crippen molar-refractivity contribution in [3.63, 3.8) is 0 Å². The summed E-state index contributed by atoms with van der Waals surface area (Å²) in [5.41, 5.74) is 5.27. The molecule has 7 rings (SSSR count). The number of nitrogens with zero attached hydrogens (tertiary/aromatic N) is 7. The Morgan fingerprint density at radius 2 is 1.90 bits per heavy atom. The van der Waals surface area contributed by atoms with Gasteiger partial charge in [-0.2, -0.15) is 14.9 Å². The summed E-state index contributed by atoms with van der Waals surface area (Å²) in [5, 5.41) is 33.2. The fraction of sp³-hybridized carbons (Fsp3) is 0.419. The van der Waals surface area contributed by atoms with E-state index in [1.165, 1.54) is 12.3 Å². The lowest BCUT2D eigenvalue weighted by molar-refractivity contribution is -0.0989. The summed E-state index contributed by atoms with van der Waals surface area (Å²) >= 11 is 0. The van der Waals surface area contributed by atoms with Crippen LogP contribution in [0.25, 0.3) is 10.9 Å². The van der Waals surface area contributed by atoms with Crippen LogP contribution in [0, 0.1) is 46.9 Å². The number of hydrogen-bond donors (Lipinski definition) is 1. The number of fused-ring (bicyclic) bond motifs is 1. The molecule has 0 radical (unpaired) electrons. The monoisotopic (exact) mass is 534 g/mol. The molecule has 40 heavy (non-hydrogen) atoms. The second kappa shape index (κ2) is 9.38. The van der Waals surface area contributed by atoms with Gasteiger partial charge in [-0.1, -0.05) is 32.1 Å². The van der Waals surface area contributed by atoms with Crippen LogP contribution in [0.1, 0.15) is 79.6 Å². The van der Waals surface area contributed by atoms with Gasteiger partial charge in [0.1, 0.15) is 12.1 Å². The van der Waals surface area contributed by atoms with Crippen molar-refractivity contribution >= 4 is 16.6 Å². The lowest BCUT2D eigenvalue weighted by Gasteiger charge is -2.61. The van der Waals surface area contributed by atoms with Gasteiger partial charge in [0.15, 0.2) is 0 Å². The van der Waals surface area contributed by atoms with Crippen molar-refractivity contribution in [2.75, 3.05) is 11.9 Å². The molecule has 0 spiro atoms. The van der Waals surface area contributed by atoms with Crippen molar-refractivity contribution in [2.45, 2.75) is 64.8 Å². The number of hydrogen-bond acceptors (Lipinski definition) is 7. The zero-order valence-corrected chi connectivity index (χ0v) is 23.2. The first-order chi connectivity index (χ1) is 19.1. The van der Waals surface area contributed by atoms with Gasteiger partial charge < -0.3 is 5.32 Å². The third-order valence-electron chi connectivity index (χ3n) is 8.34. The Balaban J connectivity index is 1.45. The standard InChI is InChI=1S/C31H31FN8/c1-18-23(5-6-27(32)37-18)24(26-16-40(39-38-26)31-10-20(11-31)12-31)8-19-7-21(13-33)28-25(9-19)29(22(14-34)15-35-28)36-17-30(2,3)4/h5-7,9,15-16,20,24H,8,10-12,17H2,1-4H3,(H,35,36)/t20?,24-,31?/m0/s1. The number of benzene rings is 1. The minimum absolute atomic E-state index is 0.0254. The van der Waals surface area contributed by atoms with Crippen molar-refractivity contribution in [1.82, 2.24) is 25.0 Å². The topological polar surface area (TPSA) is 116 Å². The summed E-state index contributed by atoms with van der Waals surface area (Å²) in [6.45, 7) is 8.79. The Bertz CT molecular complexity index is 1700. The van der Waals surface area contributed by atoms with Gasteiger partial charge in [-0.05, 0) is 73.3 Å². The number of rotatable bonds is 7. The maximum atomic E-state index is 14.0. The van der Waals surface area contributed by atoms with Gasteiger partial charge in [-0.3, -0.25) is 4.98 Å². The molecule has 8 nitrogen and oxygen atoms in total. The Hall–Kier alpha value is -4.37. The van der Waals surface area contributed by atoms with Gasteiger partial charge in [0.2, 0.25) is 5.95 Å². The SMILES string of the molecule is Cc1nc(F)ccc1[C@H](Cc1cc(C#N)c2ncc(C#N)c(NCC(C)(C)C)c2c1)c1cn(C23CC(C2)C3)nn1. The van der Waals surface area contributed by atoms with Crippen molar-refractivity contribution in [3.8, 4) is 12.1 Å². The van der Waals surface area contributed by atoms with Crippen molar-refractivity contribution < 1.29 is 4.39 Å². The highest BCUT2D eigenvalue weighted by molar-refractivity contribution is 5.97. The fourth-order valence-corrected chi connectivity index (χ4v) is 6.10. The Labute approximate surface area is 232 Å². The summed E-state index contributed by atoms with van der Waals surface area (Å²) in [4.78, 5) is 8.57. The normalized spacial score (nSPS) is 20.2. The molecule has 0 unspecified atom stereocenters. The van der Waals surface area contributed by atoms with Crippen molar-refractivity contribution in [1.29, 1.82) is 10.5 Å². The van der Waals surface area contributed by atoms with Crippen LogP contribution in [0.15, 0.2) is 36.7 Å². The third kappa shape index (κ3) is 4.46. The minimum atomic E-state index is -0.528. The smallest absolute Gasteiger partial charge is 0.213 e. The van der Waals surface area contributed by atoms with Gasteiger partial charge in [0.25, 0.3) is 0 Å². The molecule has 202 valence electrons. The molecule has 1 aromatic carbocycles. The maximum Gasteiger partial charge on any atom is 0.213 e. The van der Waals surface area contributed by atoms with Gasteiger partial charge in [0.05, 0.1) is 33.6 Å². The molecule has 9 heteroatoms. The predicted octanol–water partition coefficient (Wildman–Crippen LogP) is 5.75. The van der Waals surface area contributed by atoms with Gasteiger partial charge in [0, 0.05) is 35.9 Å². The van der Waals surface area contributed by atoms with E-state index < -0.39 is 5.95 Å². The molecule has 3 aromatic heterocycles. The Kier molecular flexibility index (Phi) is 6.07. The first kappa shape index (κ1) is 25.9. The van der Waals surface area contributed by atoms with Gasteiger partial charge >= 0.3 is 0 Å². The number of aromatic nitrogens is 5. The molecule has 3 fully saturated rings. The number of aryl methyl sites for hydroxylation is 1. The molecule has 0 aliphatic heterocycles. The van der Waals surface area contributed by atoms with Crippen LogP contribution in [-0.4, -0.2) is 31.5 Å². The highest BCUT2D eigenvalue weighted by atomic mass is 19.1.